The molecule has 0 bridgehead atoms. The number of anilines is 2. The summed E-state index contributed by atoms with van der Waals surface area (Å²) in [4.78, 5) is 15.5. The molecule has 24 heavy (non-hydrogen) atoms. The van der Waals surface area contributed by atoms with Gasteiger partial charge >= 0.3 is 6.09 Å². The Balaban J connectivity index is 1.73. The first-order chi connectivity index (χ1) is 11.7. The van der Waals surface area contributed by atoms with Crippen LogP contribution in [-0.2, 0) is 11.3 Å². The summed E-state index contributed by atoms with van der Waals surface area (Å²) in [6.07, 6.45) is -0.490. The van der Waals surface area contributed by atoms with Gasteiger partial charge in [0.05, 0.1) is 7.11 Å². The van der Waals surface area contributed by atoms with E-state index in [1.54, 1.807) is 0 Å². The molecule has 0 saturated carbocycles. The standard InChI is InChI=1S/C18H16ClN3O2/c1-24-18(23)21-14-8-6-12(7-9-14)11-20-17-15-5-3-2-4-13(15)10-16(19)22-17/h2-10H,11H2,1H3,(H,20,22)(H,21,23). The second kappa shape index (κ2) is 7.19. The lowest BCUT2D eigenvalue weighted by Gasteiger charge is -2.10. The van der Waals surface area contributed by atoms with E-state index < -0.39 is 6.09 Å². The molecular weight excluding hydrogens is 326 g/mol. The minimum absolute atomic E-state index is 0.453. The minimum Gasteiger partial charge on any atom is -0.453 e. The lowest BCUT2D eigenvalue weighted by molar-refractivity contribution is 0.187. The van der Waals surface area contributed by atoms with Gasteiger partial charge in [-0.05, 0) is 29.1 Å². The Hall–Kier alpha value is -2.79. The molecule has 0 radical (unpaired) electrons. The van der Waals surface area contributed by atoms with Gasteiger partial charge in [0, 0.05) is 17.6 Å². The fraction of sp³-hybridized carbons (Fsp3) is 0.111. The zero-order valence-electron chi connectivity index (χ0n) is 13.0. The van der Waals surface area contributed by atoms with Crippen LogP contribution in [0.15, 0.2) is 54.6 Å². The molecule has 0 fully saturated rings. The third-order valence-electron chi connectivity index (χ3n) is 3.55. The van der Waals surface area contributed by atoms with E-state index in [4.69, 9.17) is 11.6 Å². The minimum atomic E-state index is -0.490. The number of halogens is 1. The number of carbonyl (C=O) groups is 1. The van der Waals surface area contributed by atoms with E-state index in [-0.39, 0.29) is 0 Å². The van der Waals surface area contributed by atoms with Gasteiger partial charge in [0.1, 0.15) is 11.0 Å². The number of nitrogens with zero attached hydrogens (tertiary/aromatic N) is 1. The molecule has 2 N–H and O–H groups in total. The van der Waals surface area contributed by atoms with Gasteiger partial charge in [-0.1, -0.05) is 48.0 Å². The molecule has 0 aliphatic heterocycles. The number of benzene rings is 2. The smallest absolute Gasteiger partial charge is 0.411 e. The van der Waals surface area contributed by atoms with Crippen molar-refractivity contribution in [1.82, 2.24) is 4.98 Å². The lowest BCUT2D eigenvalue weighted by atomic mass is 10.1. The Morgan fingerprint density at radius 3 is 2.67 bits per heavy atom. The highest BCUT2D eigenvalue weighted by molar-refractivity contribution is 6.30. The predicted molar refractivity (Wildman–Crippen MR) is 96.5 cm³/mol. The van der Waals surface area contributed by atoms with Crippen molar-refractivity contribution in [3.8, 4) is 0 Å². The van der Waals surface area contributed by atoms with Crippen LogP contribution in [0.4, 0.5) is 16.3 Å². The Morgan fingerprint density at radius 2 is 1.92 bits per heavy atom. The summed E-state index contributed by atoms with van der Waals surface area (Å²) in [5.74, 6) is 0.745. The SMILES string of the molecule is COC(=O)Nc1ccc(CNc2nc(Cl)cc3ccccc23)cc1. The number of fused-ring (bicyclic) bond motifs is 1. The van der Waals surface area contributed by atoms with Crippen LogP contribution in [0.25, 0.3) is 10.8 Å². The molecule has 1 aromatic heterocycles. The third-order valence-corrected chi connectivity index (χ3v) is 3.75. The molecule has 1 amide bonds. The van der Waals surface area contributed by atoms with Gasteiger partial charge in [0.15, 0.2) is 0 Å². The molecule has 0 unspecified atom stereocenters. The van der Waals surface area contributed by atoms with E-state index in [1.807, 2.05) is 54.6 Å². The van der Waals surface area contributed by atoms with Crippen molar-refractivity contribution < 1.29 is 9.53 Å². The van der Waals surface area contributed by atoms with E-state index in [2.05, 4.69) is 20.4 Å². The summed E-state index contributed by atoms with van der Waals surface area (Å²) < 4.78 is 4.56. The molecule has 1 heterocycles. The van der Waals surface area contributed by atoms with Crippen LogP contribution >= 0.6 is 11.6 Å². The number of amides is 1. The second-order valence-corrected chi connectivity index (χ2v) is 5.57. The Bertz CT molecular complexity index is 866. The van der Waals surface area contributed by atoms with Gasteiger partial charge in [0.25, 0.3) is 0 Å². The first kappa shape index (κ1) is 16.1. The number of ether oxygens (including phenoxy) is 1. The average molecular weight is 342 g/mol. The summed E-state index contributed by atoms with van der Waals surface area (Å²) in [6, 6.07) is 17.3. The number of carbonyl (C=O) groups excluding carboxylic acids is 1. The Labute approximate surface area is 144 Å². The monoisotopic (exact) mass is 341 g/mol. The zero-order valence-corrected chi connectivity index (χ0v) is 13.8. The number of methoxy groups -OCH3 is 1. The highest BCUT2D eigenvalue weighted by atomic mass is 35.5. The van der Waals surface area contributed by atoms with Crippen molar-refractivity contribution in [3.63, 3.8) is 0 Å². The molecule has 0 aliphatic carbocycles. The van der Waals surface area contributed by atoms with E-state index in [0.29, 0.717) is 17.4 Å². The van der Waals surface area contributed by atoms with Crippen LogP contribution in [0.3, 0.4) is 0 Å². The molecule has 3 aromatic rings. The van der Waals surface area contributed by atoms with E-state index in [1.165, 1.54) is 7.11 Å². The highest BCUT2D eigenvalue weighted by Gasteiger charge is 2.05. The number of nitrogens with one attached hydrogen (secondary N) is 2. The zero-order chi connectivity index (χ0) is 16.9. The number of aromatic nitrogens is 1. The molecule has 3 rings (SSSR count). The number of pyridine rings is 1. The van der Waals surface area contributed by atoms with Crippen LogP contribution in [-0.4, -0.2) is 18.2 Å². The topological polar surface area (TPSA) is 63.2 Å². The summed E-state index contributed by atoms with van der Waals surface area (Å²) in [6.45, 7) is 0.593. The van der Waals surface area contributed by atoms with Gasteiger partial charge in [-0.3, -0.25) is 5.32 Å². The third kappa shape index (κ3) is 3.75. The Kier molecular flexibility index (Phi) is 4.82. The van der Waals surface area contributed by atoms with Crippen molar-refractivity contribution in [2.45, 2.75) is 6.54 Å². The molecule has 0 saturated heterocycles. The highest BCUT2D eigenvalue weighted by Crippen LogP contribution is 2.25. The predicted octanol–water partition coefficient (Wildman–Crippen LogP) is 4.68. The first-order valence-corrected chi connectivity index (χ1v) is 7.76. The number of hydrogen-bond donors (Lipinski definition) is 2. The van der Waals surface area contributed by atoms with Crippen molar-refractivity contribution in [2.75, 3.05) is 17.7 Å². The van der Waals surface area contributed by atoms with E-state index >= 15 is 0 Å². The van der Waals surface area contributed by atoms with E-state index in [9.17, 15) is 4.79 Å². The number of hydrogen-bond acceptors (Lipinski definition) is 4. The molecule has 0 spiro atoms. The average Bonchev–Trinajstić information content (AvgIpc) is 2.60. The molecule has 6 heteroatoms. The van der Waals surface area contributed by atoms with Gasteiger partial charge in [-0.15, -0.1) is 0 Å². The van der Waals surface area contributed by atoms with E-state index in [0.717, 1.165) is 22.2 Å². The summed E-state index contributed by atoms with van der Waals surface area (Å²) in [5, 5.41) is 8.43. The van der Waals surface area contributed by atoms with Gasteiger partial charge in [-0.2, -0.15) is 0 Å². The maximum atomic E-state index is 11.2. The van der Waals surface area contributed by atoms with Crippen molar-refractivity contribution >= 4 is 40.0 Å². The van der Waals surface area contributed by atoms with Gasteiger partial charge in [0.2, 0.25) is 0 Å². The van der Waals surface area contributed by atoms with Crippen LogP contribution in [0.1, 0.15) is 5.56 Å². The summed E-state index contributed by atoms with van der Waals surface area (Å²) >= 11 is 6.09. The summed E-state index contributed by atoms with van der Waals surface area (Å²) in [7, 11) is 1.33. The normalized spacial score (nSPS) is 10.4. The van der Waals surface area contributed by atoms with Crippen molar-refractivity contribution in [1.29, 1.82) is 0 Å². The lowest BCUT2D eigenvalue weighted by Crippen LogP contribution is -2.10. The van der Waals surface area contributed by atoms with Crippen molar-refractivity contribution in [3.05, 3.63) is 65.3 Å². The van der Waals surface area contributed by atoms with Crippen LogP contribution in [0.5, 0.6) is 0 Å². The Morgan fingerprint density at radius 1 is 1.17 bits per heavy atom. The molecule has 122 valence electrons. The molecule has 0 aliphatic rings. The number of rotatable bonds is 4. The fourth-order valence-corrected chi connectivity index (χ4v) is 2.56. The maximum Gasteiger partial charge on any atom is 0.411 e. The quantitative estimate of drug-likeness (QED) is 0.676. The van der Waals surface area contributed by atoms with Crippen LogP contribution in [0, 0.1) is 0 Å². The largest absolute Gasteiger partial charge is 0.453 e. The molecule has 5 nitrogen and oxygen atoms in total. The summed E-state index contributed by atoms with van der Waals surface area (Å²) in [5.41, 5.74) is 1.73. The van der Waals surface area contributed by atoms with Crippen molar-refractivity contribution in [2.24, 2.45) is 0 Å². The van der Waals surface area contributed by atoms with Crippen LogP contribution in [0.2, 0.25) is 5.15 Å². The molecule has 0 atom stereocenters. The fourth-order valence-electron chi connectivity index (χ4n) is 2.36. The molecule has 2 aromatic carbocycles. The van der Waals surface area contributed by atoms with Gasteiger partial charge < -0.3 is 10.1 Å². The molecular formula is C18H16ClN3O2. The van der Waals surface area contributed by atoms with Crippen LogP contribution < -0.4 is 10.6 Å². The first-order valence-electron chi connectivity index (χ1n) is 7.39. The van der Waals surface area contributed by atoms with Gasteiger partial charge in [-0.25, -0.2) is 9.78 Å². The second-order valence-electron chi connectivity index (χ2n) is 5.18. The maximum absolute atomic E-state index is 11.2.